The number of anilines is 1. The lowest BCUT2D eigenvalue weighted by atomic mass is 9.86. The molecule has 2 N–H and O–H groups in total. The van der Waals surface area contributed by atoms with E-state index < -0.39 is 0 Å². The standard InChI is InChI=1S/C22H33N3O3/c26-21(11-6-18-4-2-1-3-5-18)24-20-9-7-19(8-10-20)22(27)23-12-13-25-14-16-28-17-15-25/h7-10,18H,1-6,11-17H2,(H,23,27)(H,24,26). The molecule has 1 aromatic rings. The quantitative estimate of drug-likeness (QED) is 0.719. The molecule has 1 heterocycles. The van der Waals surface area contributed by atoms with E-state index in [0.717, 1.165) is 45.0 Å². The zero-order chi connectivity index (χ0) is 19.6. The number of hydrogen-bond donors (Lipinski definition) is 2. The fraction of sp³-hybridized carbons (Fsp3) is 0.636. The van der Waals surface area contributed by atoms with Crippen molar-refractivity contribution in [3.05, 3.63) is 29.8 Å². The number of nitrogens with zero attached hydrogens (tertiary/aromatic N) is 1. The van der Waals surface area contributed by atoms with Gasteiger partial charge in [0.1, 0.15) is 0 Å². The van der Waals surface area contributed by atoms with Gasteiger partial charge >= 0.3 is 0 Å². The first kappa shape index (κ1) is 20.8. The van der Waals surface area contributed by atoms with Crippen LogP contribution in [0.4, 0.5) is 5.69 Å². The largest absolute Gasteiger partial charge is 0.379 e. The molecular formula is C22H33N3O3. The van der Waals surface area contributed by atoms with Crippen molar-refractivity contribution in [3.63, 3.8) is 0 Å². The van der Waals surface area contributed by atoms with Gasteiger partial charge < -0.3 is 15.4 Å². The third kappa shape index (κ3) is 6.91. The smallest absolute Gasteiger partial charge is 0.251 e. The summed E-state index contributed by atoms with van der Waals surface area (Å²) in [4.78, 5) is 26.7. The summed E-state index contributed by atoms with van der Waals surface area (Å²) >= 11 is 0. The Morgan fingerprint density at radius 3 is 2.46 bits per heavy atom. The molecule has 6 nitrogen and oxygen atoms in total. The van der Waals surface area contributed by atoms with Crippen LogP contribution in [0.3, 0.4) is 0 Å². The van der Waals surface area contributed by atoms with Crippen molar-refractivity contribution in [2.24, 2.45) is 5.92 Å². The number of morpholine rings is 1. The predicted octanol–water partition coefficient (Wildman–Crippen LogP) is 3.05. The van der Waals surface area contributed by atoms with Crippen LogP contribution in [0.5, 0.6) is 0 Å². The molecule has 1 saturated carbocycles. The van der Waals surface area contributed by atoms with E-state index in [4.69, 9.17) is 4.74 Å². The second-order valence-corrected chi connectivity index (χ2v) is 7.88. The van der Waals surface area contributed by atoms with Crippen molar-refractivity contribution < 1.29 is 14.3 Å². The molecule has 2 amide bonds. The van der Waals surface area contributed by atoms with Gasteiger partial charge in [0.25, 0.3) is 5.91 Å². The fourth-order valence-electron chi connectivity index (χ4n) is 3.99. The first-order valence-corrected chi connectivity index (χ1v) is 10.7. The lowest BCUT2D eigenvalue weighted by Crippen LogP contribution is -2.41. The van der Waals surface area contributed by atoms with E-state index in [0.29, 0.717) is 24.4 Å². The second-order valence-electron chi connectivity index (χ2n) is 7.88. The number of carbonyl (C=O) groups excluding carboxylic acids is 2. The van der Waals surface area contributed by atoms with E-state index in [1.54, 1.807) is 24.3 Å². The van der Waals surface area contributed by atoms with Gasteiger partial charge in [0.15, 0.2) is 0 Å². The third-order valence-corrected chi connectivity index (χ3v) is 5.75. The maximum absolute atomic E-state index is 12.3. The topological polar surface area (TPSA) is 70.7 Å². The highest BCUT2D eigenvalue weighted by atomic mass is 16.5. The summed E-state index contributed by atoms with van der Waals surface area (Å²) in [5, 5.41) is 5.90. The van der Waals surface area contributed by atoms with Crippen LogP contribution >= 0.6 is 0 Å². The summed E-state index contributed by atoms with van der Waals surface area (Å²) in [6, 6.07) is 7.13. The molecule has 0 atom stereocenters. The molecular weight excluding hydrogens is 354 g/mol. The van der Waals surface area contributed by atoms with Gasteiger partial charge in [0.05, 0.1) is 13.2 Å². The molecule has 1 saturated heterocycles. The van der Waals surface area contributed by atoms with Crippen molar-refractivity contribution in [2.75, 3.05) is 44.7 Å². The fourth-order valence-corrected chi connectivity index (χ4v) is 3.99. The Hall–Kier alpha value is -1.92. The molecule has 0 spiro atoms. The maximum atomic E-state index is 12.3. The van der Waals surface area contributed by atoms with Gasteiger partial charge in [-0.2, -0.15) is 0 Å². The zero-order valence-corrected chi connectivity index (χ0v) is 16.8. The van der Waals surface area contributed by atoms with Gasteiger partial charge in [-0.25, -0.2) is 0 Å². The molecule has 0 aromatic heterocycles. The Balaban J connectivity index is 1.36. The van der Waals surface area contributed by atoms with Crippen molar-refractivity contribution in [1.29, 1.82) is 0 Å². The summed E-state index contributed by atoms with van der Waals surface area (Å²) in [5.74, 6) is 0.694. The first-order valence-electron chi connectivity index (χ1n) is 10.7. The van der Waals surface area contributed by atoms with Crippen LogP contribution in [-0.4, -0.2) is 56.1 Å². The van der Waals surface area contributed by atoms with Gasteiger partial charge in [0, 0.05) is 43.9 Å². The number of ether oxygens (including phenoxy) is 1. The van der Waals surface area contributed by atoms with E-state index in [9.17, 15) is 9.59 Å². The van der Waals surface area contributed by atoms with Crippen molar-refractivity contribution in [3.8, 4) is 0 Å². The summed E-state index contributed by atoms with van der Waals surface area (Å²) in [5.41, 5.74) is 1.36. The Labute approximate surface area is 168 Å². The predicted molar refractivity (Wildman–Crippen MR) is 110 cm³/mol. The molecule has 2 fully saturated rings. The molecule has 0 unspecified atom stereocenters. The van der Waals surface area contributed by atoms with Crippen LogP contribution in [0.15, 0.2) is 24.3 Å². The molecule has 2 aliphatic rings. The minimum atomic E-state index is -0.0802. The number of rotatable bonds is 8. The van der Waals surface area contributed by atoms with Gasteiger partial charge in [0.2, 0.25) is 5.91 Å². The number of hydrogen-bond acceptors (Lipinski definition) is 4. The number of amides is 2. The summed E-state index contributed by atoms with van der Waals surface area (Å²) in [6.45, 7) is 4.84. The monoisotopic (exact) mass is 387 g/mol. The first-order chi connectivity index (χ1) is 13.7. The molecule has 0 bridgehead atoms. The van der Waals surface area contributed by atoms with Crippen LogP contribution in [0.2, 0.25) is 0 Å². The van der Waals surface area contributed by atoms with E-state index in [1.807, 2.05) is 0 Å². The molecule has 0 radical (unpaired) electrons. The third-order valence-electron chi connectivity index (χ3n) is 5.75. The SMILES string of the molecule is O=C(CCC1CCCCC1)Nc1ccc(C(=O)NCCN2CCOCC2)cc1. The molecule has 28 heavy (non-hydrogen) atoms. The Morgan fingerprint density at radius 2 is 1.75 bits per heavy atom. The summed E-state index contributed by atoms with van der Waals surface area (Å²) in [6.07, 6.45) is 8.05. The maximum Gasteiger partial charge on any atom is 0.251 e. The molecule has 1 aromatic carbocycles. The Kier molecular flexibility index (Phi) is 8.30. The highest BCUT2D eigenvalue weighted by Crippen LogP contribution is 2.27. The molecule has 1 aliphatic heterocycles. The van der Waals surface area contributed by atoms with Crippen LogP contribution in [0.25, 0.3) is 0 Å². The average molecular weight is 388 g/mol. The Bertz CT molecular complexity index is 620. The molecule has 6 heteroatoms. The molecule has 3 rings (SSSR count). The zero-order valence-electron chi connectivity index (χ0n) is 16.8. The lowest BCUT2D eigenvalue weighted by molar-refractivity contribution is -0.116. The summed E-state index contributed by atoms with van der Waals surface area (Å²) in [7, 11) is 0. The van der Waals surface area contributed by atoms with Crippen LogP contribution in [-0.2, 0) is 9.53 Å². The van der Waals surface area contributed by atoms with Gasteiger partial charge in [-0.05, 0) is 36.6 Å². The molecule has 1 aliphatic carbocycles. The number of nitrogens with one attached hydrogen (secondary N) is 2. The number of carbonyl (C=O) groups is 2. The molecule has 154 valence electrons. The minimum Gasteiger partial charge on any atom is -0.379 e. The van der Waals surface area contributed by atoms with E-state index in [1.165, 1.54) is 32.1 Å². The lowest BCUT2D eigenvalue weighted by Gasteiger charge is -2.26. The normalized spacial score (nSPS) is 18.6. The van der Waals surface area contributed by atoms with E-state index >= 15 is 0 Å². The van der Waals surface area contributed by atoms with E-state index in [2.05, 4.69) is 15.5 Å². The van der Waals surface area contributed by atoms with E-state index in [-0.39, 0.29) is 11.8 Å². The van der Waals surface area contributed by atoms with Crippen LogP contribution in [0, 0.1) is 5.92 Å². The van der Waals surface area contributed by atoms with Crippen molar-refractivity contribution in [1.82, 2.24) is 10.2 Å². The highest BCUT2D eigenvalue weighted by molar-refractivity contribution is 5.95. The Morgan fingerprint density at radius 1 is 1.04 bits per heavy atom. The van der Waals surface area contributed by atoms with Gasteiger partial charge in [-0.3, -0.25) is 14.5 Å². The van der Waals surface area contributed by atoms with Gasteiger partial charge in [-0.15, -0.1) is 0 Å². The van der Waals surface area contributed by atoms with Crippen molar-refractivity contribution in [2.45, 2.75) is 44.9 Å². The van der Waals surface area contributed by atoms with Crippen molar-refractivity contribution >= 4 is 17.5 Å². The van der Waals surface area contributed by atoms with Gasteiger partial charge in [-0.1, -0.05) is 32.1 Å². The van der Waals surface area contributed by atoms with Crippen LogP contribution in [0.1, 0.15) is 55.3 Å². The van der Waals surface area contributed by atoms with Crippen LogP contribution < -0.4 is 10.6 Å². The highest BCUT2D eigenvalue weighted by Gasteiger charge is 2.15. The second kappa shape index (κ2) is 11.2. The average Bonchev–Trinajstić information content (AvgIpc) is 2.74. The number of benzene rings is 1. The minimum absolute atomic E-state index is 0.0632. The summed E-state index contributed by atoms with van der Waals surface area (Å²) < 4.78 is 5.32.